The lowest BCUT2D eigenvalue weighted by atomic mass is 10.3. The Balaban J connectivity index is 1.81. The fourth-order valence-corrected chi connectivity index (χ4v) is 2.80. The molecule has 0 aliphatic carbocycles. The van der Waals surface area contributed by atoms with Crippen molar-refractivity contribution in [1.82, 2.24) is 9.88 Å². The predicted octanol–water partition coefficient (Wildman–Crippen LogP) is 0.956. The number of anilines is 1. The first-order chi connectivity index (χ1) is 7.79. The van der Waals surface area contributed by atoms with Crippen LogP contribution in [0.25, 0.3) is 0 Å². The molecule has 0 radical (unpaired) electrons. The highest BCUT2D eigenvalue weighted by Crippen LogP contribution is 2.21. The second-order valence-electron chi connectivity index (χ2n) is 4.18. The van der Waals surface area contributed by atoms with Crippen LogP contribution in [0.2, 0.25) is 0 Å². The Morgan fingerprint density at radius 1 is 1.38 bits per heavy atom. The minimum atomic E-state index is 0.298. The van der Waals surface area contributed by atoms with Gasteiger partial charge in [-0.3, -0.25) is 4.90 Å². The Hall–Kier alpha value is -0.650. The molecule has 1 saturated heterocycles. The fourth-order valence-electron chi connectivity index (χ4n) is 1.94. The van der Waals surface area contributed by atoms with Crippen LogP contribution in [0.1, 0.15) is 12.1 Å². The monoisotopic (exact) mass is 241 g/mol. The molecular formula is C11H19N3OS. The van der Waals surface area contributed by atoms with Crippen molar-refractivity contribution in [2.75, 3.05) is 44.2 Å². The molecule has 5 heteroatoms. The van der Waals surface area contributed by atoms with Crippen LogP contribution < -0.4 is 4.90 Å². The quantitative estimate of drug-likeness (QED) is 0.852. The average molecular weight is 241 g/mol. The van der Waals surface area contributed by atoms with Gasteiger partial charge >= 0.3 is 0 Å². The molecule has 0 saturated carbocycles. The topological polar surface area (TPSA) is 39.6 Å². The maximum atomic E-state index is 8.78. The molecule has 1 aromatic heterocycles. The number of aromatic nitrogens is 1. The molecule has 2 heterocycles. The Morgan fingerprint density at radius 2 is 2.12 bits per heavy atom. The summed E-state index contributed by atoms with van der Waals surface area (Å²) in [6, 6.07) is 0. The number of hydrogen-bond acceptors (Lipinski definition) is 5. The Kier molecular flexibility index (Phi) is 4.15. The van der Waals surface area contributed by atoms with Crippen molar-refractivity contribution in [3.63, 3.8) is 0 Å². The molecule has 0 amide bonds. The van der Waals surface area contributed by atoms with Gasteiger partial charge in [0.2, 0.25) is 0 Å². The number of aliphatic hydroxyl groups is 1. The summed E-state index contributed by atoms with van der Waals surface area (Å²) in [6.07, 6.45) is 0.885. The van der Waals surface area contributed by atoms with E-state index in [2.05, 4.69) is 20.2 Å². The van der Waals surface area contributed by atoms with Gasteiger partial charge in [-0.05, 0) is 13.3 Å². The maximum absolute atomic E-state index is 8.78. The maximum Gasteiger partial charge on any atom is 0.185 e. The van der Waals surface area contributed by atoms with Gasteiger partial charge in [0.15, 0.2) is 5.13 Å². The van der Waals surface area contributed by atoms with Gasteiger partial charge in [-0.2, -0.15) is 0 Å². The molecule has 2 rings (SSSR count). The summed E-state index contributed by atoms with van der Waals surface area (Å²) in [5, 5.41) is 12.0. The van der Waals surface area contributed by atoms with Gasteiger partial charge in [-0.15, -0.1) is 11.3 Å². The third-order valence-corrected chi connectivity index (χ3v) is 3.90. The summed E-state index contributed by atoms with van der Waals surface area (Å²) in [5.74, 6) is 0. The van der Waals surface area contributed by atoms with Gasteiger partial charge < -0.3 is 10.0 Å². The van der Waals surface area contributed by atoms with E-state index in [1.54, 1.807) is 11.3 Å². The molecular weight excluding hydrogens is 222 g/mol. The van der Waals surface area contributed by atoms with Gasteiger partial charge in [0, 0.05) is 44.7 Å². The molecule has 1 fully saturated rings. The lowest BCUT2D eigenvalue weighted by molar-refractivity contribution is 0.216. The minimum Gasteiger partial charge on any atom is -0.396 e. The molecule has 0 spiro atoms. The zero-order chi connectivity index (χ0) is 11.4. The third kappa shape index (κ3) is 2.93. The van der Waals surface area contributed by atoms with E-state index in [1.165, 1.54) is 0 Å². The van der Waals surface area contributed by atoms with E-state index in [1.807, 2.05) is 6.92 Å². The van der Waals surface area contributed by atoms with E-state index >= 15 is 0 Å². The van der Waals surface area contributed by atoms with Gasteiger partial charge in [0.05, 0.1) is 5.69 Å². The van der Waals surface area contributed by atoms with E-state index < -0.39 is 0 Å². The number of piperazine rings is 1. The normalized spacial score (nSPS) is 18.0. The van der Waals surface area contributed by atoms with Crippen LogP contribution in [0.3, 0.4) is 0 Å². The zero-order valence-corrected chi connectivity index (χ0v) is 10.5. The number of aliphatic hydroxyl groups excluding tert-OH is 1. The molecule has 90 valence electrons. The lowest BCUT2D eigenvalue weighted by Crippen LogP contribution is -2.46. The fraction of sp³-hybridized carbons (Fsp3) is 0.727. The second-order valence-corrected chi connectivity index (χ2v) is 5.01. The first-order valence-electron chi connectivity index (χ1n) is 5.80. The van der Waals surface area contributed by atoms with Crippen molar-refractivity contribution in [3.8, 4) is 0 Å². The zero-order valence-electron chi connectivity index (χ0n) is 9.72. The molecule has 1 aromatic rings. The highest BCUT2D eigenvalue weighted by molar-refractivity contribution is 7.13. The summed E-state index contributed by atoms with van der Waals surface area (Å²) in [4.78, 5) is 9.27. The van der Waals surface area contributed by atoms with Crippen molar-refractivity contribution in [2.45, 2.75) is 13.3 Å². The minimum absolute atomic E-state index is 0.298. The van der Waals surface area contributed by atoms with E-state index in [4.69, 9.17) is 5.11 Å². The van der Waals surface area contributed by atoms with Crippen molar-refractivity contribution in [3.05, 3.63) is 11.1 Å². The molecule has 0 unspecified atom stereocenters. The summed E-state index contributed by atoms with van der Waals surface area (Å²) in [7, 11) is 0. The van der Waals surface area contributed by atoms with Crippen LogP contribution in [0.5, 0.6) is 0 Å². The SMILES string of the molecule is Cc1csc(N2CCN(CCCO)CC2)n1. The predicted molar refractivity (Wildman–Crippen MR) is 67.2 cm³/mol. The molecule has 0 bridgehead atoms. The van der Waals surface area contributed by atoms with Crippen molar-refractivity contribution in [1.29, 1.82) is 0 Å². The number of nitrogens with zero attached hydrogens (tertiary/aromatic N) is 3. The Bertz CT molecular complexity index is 321. The van der Waals surface area contributed by atoms with Gasteiger partial charge in [-0.25, -0.2) is 4.98 Å². The summed E-state index contributed by atoms with van der Waals surface area (Å²) < 4.78 is 0. The molecule has 1 aliphatic heterocycles. The van der Waals surface area contributed by atoms with E-state index in [-0.39, 0.29) is 0 Å². The molecule has 1 aliphatic rings. The highest BCUT2D eigenvalue weighted by Gasteiger charge is 2.18. The van der Waals surface area contributed by atoms with Crippen LogP contribution in [-0.4, -0.2) is 54.3 Å². The summed E-state index contributed by atoms with van der Waals surface area (Å²) in [6.45, 7) is 7.62. The third-order valence-electron chi connectivity index (χ3n) is 2.88. The van der Waals surface area contributed by atoms with Gasteiger partial charge in [-0.1, -0.05) is 0 Å². The largest absolute Gasteiger partial charge is 0.396 e. The number of thiazole rings is 1. The second kappa shape index (κ2) is 5.61. The number of hydrogen-bond donors (Lipinski definition) is 1. The van der Waals surface area contributed by atoms with E-state index in [0.29, 0.717) is 6.61 Å². The van der Waals surface area contributed by atoms with E-state index in [0.717, 1.165) is 50.0 Å². The molecule has 4 nitrogen and oxygen atoms in total. The molecule has 1 N–H and O–H groups in total. The van der Waals surface area contributed by atoms with Crippen LogP contribution in [-0.2, 0) is 0 Å². The Labute approximate surface area is 101 Å². The Morgan fingerprint density at radius 3 is 2.69 bits per heavy atom. The molecule has 0 aromatic carbocycles. The van der Waals surface area contributed by atoms with Crippen LogP contribution in [0, 0.1) is 6.92 Å². The number of aryl methyl sites for hydroxylation is 1. The average Bonchev–Trinajstić information content (AvgIpc) is 2.74. The van der Waals surface area contributed by atoms with E-state index in [9.17, 15) is 0 Å². The van der Waals surface area contributed by atoms with Crippen molar-refractivity contribution < 1.29 is 5.11 Å². The smallest absolute Gasteiger partial charge is 0.185 e. The summed E-state index contributed by atoms with van der Waals surface area (Å²) >= 11 is 1.73. The van der Waals surface area contributed by atoms with Crippen molar-refractivity contribution >= 4 is 16.5 Å². The van der Waals surface area contributed by atoms with Gasteiger partial charge in [0.1, 0.15) is 0 Å². The molecule has 16 heavy (non-hydrogen) atoms. The van der Waals surface area contributed by atoms with Gasteiger partial charge in [0.25, 0.3) is 0 Å². The van der Waals surface area contributed by atoms with Crippen LogP contribution >= 0.6 is 11.3 Å². The number of rotatable bonds is 4. The first kappa shape index (κ1) is 11.8. The lowest BCUT2D eigenvalue weighted by Gasteiger charge is -2.34. The molecule has 0 atom stereocenters. The van der Waals surface area contributed by atoms with Crippen LogP contribution in [0.15, 0.2) is 5.38 Å². The standard InChI is InChI=1S/C11H19N3OS/c1-10-9-16-11(12-10)14-6-4-13(5-7-14)3-2-8-15/h9,15H,2-8H2,1H3. The van der Waals surface area contributed by atoms with Crippen molar-refractivity contribution in [2.24, 2.45) is 0 Å². The highest BCUT2D eigenvalue weighted by atomic mass is 32.1. The summed E-state index contributed by atoms with van der Waals surface area (Å²) in [5.41, 5.74) is 1.11. The van der Waals surface area contributed by atoms with Crippen LogP contribution in [0.4, 0.5) is 5.13 Å². The first-order valence-corrected chi connectivity index (χ1v) is 6.68.